The van der Waals surface area contributed by atoms with Crippen molar-refractivity contribution >= 4 is 11.6 Å². The summed E-state index contributed by atoms with van der Waals surface area (Å²) >= 11 is 0. The fourth-order valence-corrected chi connectivity index (χ4v) is 3.96. The standard InChI is InChI=1S/C25H31NO4/c1-3-23(28)20-10-11-24(22(18-20)19(2)27)30-17-7-14-26-15-12-25(29,13-16-26)21-8-5-4-6-9-21/h4-6,8-11,18,29H,3,7,12-17H2,1-2H3. The molecule has 1 aliphatic rings. The Hall–Kier alpha value is -2.50. The lowest BCUT2D eigenvalue weighted by Crippen LogP contribution is -2.43. The first-order chi connectivity index (χ1) is 14.4. The molecule has 0 saturated carbocycles. The van der Waals surface area contributed by atoms with E-state index in [9.17, 15) is 14.7 Å². The SMILES string of the molecule is CCC(=O)c1ccc(OCCCN2CCC(O)(c3ccccc3)CC2)c(C(C)=O)c1. The van der Waals surface area contributed by atoms with Gasteiger partial charge >= 0.3 is 0 Å². The molecule has 0 aliphatic carbocycles. The number of Topliss-reactive ketones (excluding diaryl/α,β-unsaturated/α-hetero) is 2. The van der Waals surface area contributed by atoms with E-state index in [0.29, 0.717) is 29.9 Å². The number of carbonyl (C=O) groups is 2. The van der Waals surface area contributed by atoms with Crippen LogP contribution < -0.4 is 4.74 Å². The van der Waals surface area contributed by atoms with Crippen LogP contribution in [0.3, 0.4) is 0 Å². The highest BCUT2D eigenvalue weighted by atomic mass is 16.5. The van der Waals surface area contributed by atoms with Crippen LogP contribution in [-0.2, 0) is 5.60 Å². The van der Waals surface area contributed by atoms with Gasteiger partial charge < -0.3 is 14.7 Å². The second-order valence-corrected chi connectivity index (χ2v) is 7.99. The number of piperidine rings is 1. The van der Waals surface area contributed by atoms with Gasteiger partial charge in [0.15, 0.2) is 11.6 Å². The highest BCUT2D eigenvalue weighted by Gasteiger charge is 2.33. The van der Waals surface area contributed by atoms with Crippen LogP contribution in [-0.4, -0.2) is 47.8 Å². The molecule has 5 nitrogen and oxygen atoms in total. The molecule has 160 valence electrons. The molecular formula is C25H31NO4. The predicted molar refractivity (Wildman–Crippen MR) is 117 cm³/mol. The molecule has 1 aliphatic heterocycles. The number of hydrogen-bond donors (Lipinski definition) is 1. The highest BCUT2D eigenvalue weighted by Crippen LogP contribution is 2.32. The van der Waals surface area contributed by atoms with Crippen molar-refractivity contribution in [1.82, 2.24) is 4.90 Å². The minimum Gasteiger partial charge on any atom is -0.493 e. The Balaban J connectivity index is 1.48. The molecular weight excluding hydrogens is 378 g/mol. The predicted octanol–water partition coefficient (Wildman–Crippen LogP) is 4.23. The Bertz CT molecular complexity index is 870. The number of rotatable bonds is 9. The van der Waals surface area contributed by atoms with Crippen LogP contribution >= 0.6 is 0 Å². The second kappa shape index (κ2) is 10.0. The van der Waals surface area contributed by atoms with E-state index in [4.69, 9.17) is 4.74 Å². The summed E-state index contributed by atoms with van der Waals surface area (Å²) in [5.41, 5.74) is 1.27. The maximum Gasteiger partial charge on any atom is 0.163 e. The van der Waals surface area contributed by atoms with Crippen molar-refractivity contribution in [2.24, 2.45) is 0 Å². The number of ketones is 2. The quantitative estimate of drug-likeness (QED) is 0.496. The number of aliphatic hydroxyl groups is 1. The first-order valence-corrected chi connectivity index (χ1v) is 10.7. The van der Waals surface area contributed by atoms with Gasteiger partial charge in [0, 0.05) is 31.6 Å². The minimum absolute atomic E-state index is 0.0182. The summed E-state index contributed by atoms with van der Waals surface area (Å²) in [6.45, 7) is 6.37. The molecule has 3 rings (SSSR count). The van der Waals surface area contributed by atoms with Gasteiger partial charge in [0.2, 0.25) is 0 Å². The summed E-state index contributed by atoms with van der Waals surface area (Å²) in [7, 11) is 0. The Kier molecular flexibility index (Phi) is 7.40. The molecule has 2 aromatic rings. The van der Waals surface area contributed by atoms with Gasteiger partial charge in [0.05, 0.1) is 17.8 Å². The molecule has 0 bridgehead atoms. The second-order valence-electron chi connectivity index (χ2n) is 7.99. The third kappa shape index (κ3) is 5.35. The van der Waals surface area contributed by atoms with Crippen LogP contribution in [0.4, 0.5) is 0 Å². The topological polar surface area (TPSA) is 66.8 Å². The van der Waals surface area contributed by atoms with Gasteiger partial charge in [-0.05, 0) is 49.9 Å². The Labute approximate surface area is 178 Å². The molecule has 5 heteroatoms. The fourth-order valence-electron chi connectivity index (χ4n) is 3.96. The van der Waals surface area contributed by atoms with Crippen LogP contribution in [0, 0.1) is 0 Å². The number of hydrogen-bond acceptors (Lipinski definition) is 5. The molecule has 1 fully saturated rings. The number of likely N-dealkylation sites (tertiary alicyclic amines) is 1. The van der Waals surface area contributed by atoms with Crippen molar-refractivity contribution in [3.05, 3.63) is 65.2 Å². The van der Waals surface area contributed by atoms with Crippen molar-refractivity contribution < 1.29 is 19.4 Å². The lowest BCUT2D eigenvalue weighted by atomic mass is 9.84. The van der Waals surface area contributed by atoms with E-state index in [1.54, 1.807) is 18.2 Å². The molecule has 1 heterocycles. The van der Waals surface area contributed by atoms with Gasteiger partial charge in [0.25, 0.3) is 0 Å². The molecule has 30 heavy (non-hydrogen) atoms. The van der Waals surface area contributed by atoms with Gasteiger partial charge in [-0.25, -0.2) is 0 Å². The Morgan fingerprint density at radius 2 is 1.80 bits per heavy atom. The number of benzene rings is 2. The zero-order chi connectivity index (χ0) is 21.6. The third-order valence-corrected chi connectivity index (χ3v) is 5.87. The lowest BCUT2D eigenvalue weighted by molar-refractivity contribution is -0.0264. The molecule has 1 N–H and O–H groups in total. The van der Waals surface area contributed by atoms with E-state index in [1.165, 1.54) is 6.92 Å². The van der Waals surface area contributed by atoms with Crippen molar-refractivity contribution in [2.45, 2.75) is 45.1 Å². The van der Waals surface area contributed by atoms with E-state index in [1.807, 2.05) is 37.3 Å². The van der Waals surface area contributed by atoms with Gasteiger partial charge in [-0.3, -0.25) is 9.59 Å². The van der Waals surface area contributed by atoms with Crippen LogP contribution in [0.25, 0.3) is 0 Å². The summed E-state index contributed by atoms with van der Waals surface area (Å²) in [6.07, 6.45) is 2.68. The molecule has 0 spiro atoms. The number of ether oxygens (including phenoxy) is 1. The zero-order valence-corrected chi connectivity index (χ0v) is 17.9. The maximum atomic E-state index is 12.0. The lowest BCUT2D eigenvalue weighted by Gasteiger charge is -2.38. The van der Waals surface area contributed by atoms with Crippen molar-refractivity contribution in [3.63, 3.8) is 0 Å². The van der Waals surface area contributed by atoms with Crippen LogP contribution in [0.5, 0.6) is 5.75 Å². The molecule has 0 aromatic heterocycles. The molecule has 1 saturated heterocycles. The molecule has 0 atom stereocenters. The summed E-state index contributed by atoms with van der Waals surface area (Å²) in [6, 6.07) is 15.0. The van der Waals surface area contributed by atoms with Crippen LogP contribution in [0.2, 0.25) is 0 Å². The smallest absolute Gasteiger partial charge is 0.163 e. The van der Waals surface area contributed by atoms with Crippen molar-refractivity contribution in [2.75, 3.05) is 26.2 Å². The van der Waals surface area contributed by atoms with Gasteiger partial charge in [-0.1, -0.05) is 37.3 Å². The summed E-state index contributed by atoms with van der Waals surface area (Å²) in [5.74, 6) is 0.448. The van der Waals surface area contributed by atoms with Gasteiger partial charge in [0.1, 0.15) is 5.75 Å². The van der Waals surface area contributed by atoms with Gasteiger partial charge in [-0.2, -0.15) is 0 Å². The van der Waals surface area contributed by atoms with Gasteiger partial charge in [-0.15, -0.1) is 0 Å². The van der Waals surface area contributed by atoms with Crippen LogP contribution in [0.1, 0.15) is 65.8 Å². The number of carbonyl (C=O) groups excluding carboxylic acids is 2. The first kappa shape index (κ1) is 22.2. The molecule has 2 aromatic carbocycles. The van der Waals surface area contributed by atoms with Crippen molar-refractivity contribution in [3.8, 4) is 5.75 Å². The third-order valence-electron chi connectivity index (χ3n) is 5.87. The maximum absolute atomic E-state index is 12.0. The summed E-state index contributed by atoms with van der Waals surface area (Å²) < 4.78 is 5.86. The molecule has 0 amide bonds. The first-order valence-electron chi connectivity index (χ1n) is 10.7. The summed E-state index contributed by atoms with van der Waals surface area (Å²) in [5, 5.41) is 10.9. The average molecular weight is 410 g/mol. The largest absolute Gasteiger partial charge is 0.493 e. The van der Waals surface area contributed by atoms with Crippen molar-refractivity contribution in [1.29, 1.82) is 0 Å². The van der Waals surface area contributed by atoms with E-state index < -0.39 is 5.60 Å². The fraction of sp³-hybridized carbons (Fsp3) is 0.440. The molecule has 0 radical (unpaired) electrons. The van der Waals surface area contributed by atoms with Crippen LogP contribution in [0.15, 0.2) is 48.5 Å². The average Bonchev–Trinajstić information content (AvgIpc) is 2.78. The monoisotopic (exact) mass is 409 g/mol. The number of nitrogens with zero attached hydrogens (tertiary/aromatic N) is 1. The summed E-state index contributed by atoms with van der Waals surface area (Å²) in [4.78, 5) is 26.2. The highest BCUT2D eigenvalue weighted by molar-refractivity contribution is 6.02. The Morgan fingerprint density at radius 3 is 2.43 bits per heavy atom. The zero-order valence-electron chi connectivity index (χ0n) is 17.9. The van der Waals surface area contributed by atoms with E-state index in [0.717, 1.165) is 44.5 Å². The molecule has 0 unspecified atom stereocenters. The van der Waals surface area contributed by atoms with E-state index >= 15 is 0 Å². The minimum atomic E-state index is -0.734. The van der Waals surface area contributed by atoms with E-state index in [2.05, 4.69) is 4.90 Å². The Morgan fingerprint density at radius 1 is 1.10 bits per heavy atom. The van der Waals surface area contributed by atoms with E-state index in [-0.39, 0.29) is 11.6 Å². The normalized spacial score (nSPS) is 16.2.